The molecule has 138 valence electrons. The van der Waals surface area contributed by atoms with Gasteiger partial charge in [-0.25, -0.2) is 8.42 Å². The number of nitrogens with zero attached hydrogens (tertiary/aromatic N) is 1. The average Bonchev–Trinajstić information content (AvgIpc) is 2.63. The molecule has 0 radical (unpaired) electrons. The average molecular weight is 372 g/mol. The number of carbonyl (C=O) groups excluding carboxylic acids is 1. The van der Waals surface area contributed by atoms with Gasteiger partial charge in [0.2, 0.25) is 15.9 Å². The molecule has 0 saturated carbocycles. The number of anilines is 1. The van der Waals surface area contributed by atoms with E-state index < -0.39 is 10.0 Å². The summed E-state index contributed by atoms with van der Waals surface area (Å²) in [5.74, 6) is -0.160. The van der Waals surface area contributed by atoms with Gasteiger partial charge in [0.1, 0.15) is 0 Å². The van der Waals surface area contributed by atoms with E-state index in [0.29, 0.717) is 17.9 Å². The van der Waals surface area contributed by atoms with E-state index in [1.807, 2.05) is 37.3 Å². The molecule has 1 atom stereocenters. The second kappa shape index (κ2) is 8.01. The van der Waals surface area contributed by atoms with Gasteiger partial charge in [0, 0.05) is 24.7 Å². The highest BCUT2D eigenvalue weighted by molar-refractivity contribution is 7.89. The fraction of sp³-hybridized carbons (Fsp3) is 0.350. The van der Waals surface area contributed by atoms with Crippen LogP contribution in [-0.2, 0) is 14.8 Å². The second-order valence-electron chi connectivity index (χ2n) is 6.70. The Morgan fingerprint density at radius 3 is 2.46 bits per heavy atom. The van der Waals surface area contributed by atoms with E-state index in [4.69, 9.17) is 0 Å². The number of aryl methyl sites for hydroxylation is 1. The fourth-order valence-corrected chi connectivity index (χ4v) is 4.98. The summed E-state index contributed by atoms with van der Waals surface area (Å²) in [6.45, 7) is 2.38. The Hall–Kier alpha value is -2.18. The van der Waals surface area contributed by atoms with Crippen LogP contribution in [-0.4, -0.2) is 31.2 Å². The molecule has 6 heteroatoms. The zero-order valence-corrected chi connectivity index (χ0v) is 15.7. The molecule has 1 amide bonds. The molecule has 2 aromatic rings. The number of piperidine rings is 1. The highest BCUT2D eigenvalue weighted by atomic mass is 32.2. The maximum absolute atomic E-state index is 13.0. The first-order chi connectivity index (χ1) is 12.5. The number of rotatable bonds is 5. The number of amides is 1. The molecule has 1 aliphatic heterocycles. The topological polar surface area (TPSA) is 66.5 Å². The van der Waals surface area contributed by atoms with Gasteiger partial charge in [0.25, 0.3) is 0 Å². The lowest BCUT2D eigenvalue weighted by Gasteiger charge is -2.34. The number of hydrogen-bond donors (Lipinski definition) is 1. The third kappa shape index (κ3) is 4.31. The normalized spacial score (nSPS) is 18.4. The summed E-state index contributed by atoms with van der Waals surface area (Å²) >= 11 is 0. The van der Waals surface area contributed by atoms with E-state index >= 15 is 0 Å². The molecule has 0 aliphatic carbocycles. The minimum atomic E-state index is -3.59. The van der Waals surface area contributed by atoms with Crippen LogP contribution in [0.5, 0.6) is 0 Å². The number of carbonyl (C=O) groups is 1. The highest BCUT2D eigenvalue weighted by Crippen LogP contribution is 2.27. The monoisotopic (exact) mass is 372 g/mol. The summed E-state index contributed by atoms with van der Waals surface area (Å²) in [6, 6.07) is 15.8. The lowest BCUT2D eigenvalue weighted by atomic mass is 10.0. The zero-order chi connectivity index (χ0) is 18.6. The number of sulfonamides is 1. The number of nitrogens with one attached hydrogen (secondary N) is 1. The minimum Gasteiger partial charge on any atom is -0.326 e. The van der Waals surface area contributed by atoms with E-state index in [-0.39, 0.29) is 18.4 Å². The fourth-order valence-electron chi connectivity index (χ4n) is 3.29. The van der Waals surface area contributed by atoms with Gasteiger partial charge in [0.15, 0.2) is 0 Å². The van der Waals surface area contributed by atoms with E-state index in [1.165, 1.54) is 4.31 Å². The van der Waals surface area contributed by atoms with Crippen molar-refractivity contribution >= 4 is 21.6 Å². The number of hydrogen-bond acceptors (Lipinski definition) is 3. The summed E-state index contributed by atoms with van der Waals surface area (Å²) in [6.07, 6.45) is 2.62. The first-order valence-electron chi connectivity index (χ1n) is 8.90. The van der Waals surface area contributed by atoms with Crippen molar-refractivity contribution in [1.82, 2.24) is 4.31 Å². The van der Waals surface area contributed by atoms with Gasteiger partial charge in [-0.1, -0.05) is 42.3 Å². The van der Waals surface area contributed by atoms with Crippen LogP contribution in [0.4, 0.5) is 5.69 Å². The van der Waals surface area contributed by atoms with Crippen molar-refractivity contribution < 1.29 is 13.2 Å². The summed E-state index contributed by atoms with van der Waals surface area (Å²) in [5, 5.41) is 2.85. The van der Waals surface area contributed by atoms with Crippen LogP contribution in [0.2, 0.25) is 0 Å². The van der Waals surface area contributed by atoms with Gasteiger partial charge in [-0.05, 0) is 44.0 Å². The summed E-state index contributed by atoms with van der Waals surface area (Å²) in [5.41, 5.74) is 1.74. The molecule has 26 heavy (non-hydrogen) atoms. The Labute approximate surface area is 155 Å². The van der Waals surface area contributed by atoms with Gasteiger partial charge < -0.3 is 5.32 Å². The smallest absolute Gasteiger partial charge is 0.243 e. The second-order valence-corrected chi connectivity index (χ2v) is 8.59. The molecule has 1 N–H and O–H groups in total. The van der Waals surface area contributed by atoms with Crippen LogP contribution < -0.4 is 5.32 Å². The molecule has 1 heterocycles. The molecular weight excluding hydrogens is 348 g/mol. The predicted octanol–water partition coefficient (Wildman–Crippen LogP) is 3.57. The third-order valence-corrected chi connectivity index (χ3v) is 6.65. The van der Waals surface area contributed by atoms with Crippen molar-refractivity contribution in [3.8, 4) is 0 Å². The molecule has 3 rings (SSSR count). The molecule has 1 aliphatic rings. The maximum atomic E-state index is 13.0. The quantitative estimate of drug-likeness (QED) is 0.872. The van der Waals surface area contributed by atoms with Crippen molar-refractivity contribution in [1.29, 1.82) is 0 Å². The number of benzene rings is 2. The van der Waals surface area contributed by atoms with E-state index in [0.717, 1.165) is 24.1 Å². The molecule has 0 spiro atoms. The van der Waals surface area contributed by atoms with Gasteiger partial charge in [-0.2, -0.15) is 4.31 Å². The van der Waals surface area contributed by atoms with E-state index in [9.17, 15) is 13.2 Å². The summed E-state index contributed by atoms with van der Waals surface area (Å²) < 4.78 is 27.6. The lowest BCUT2D eigenvalue weighted by Crippen LogP contribution is -2.45. The highest BCUT2D eigenvalue weighted by Gasteiger charge is 2.34. The Kier molecular flexibility index (Phi) is 5.74. The van der Waals surface area contributed by atoms with E-state index in [2.05, 4.69) is 5.32 Å². The zero-order valence-electron chi connectivity index (χ0n) is 14.9. The molecule has 5 nitrogen and oxygen atoms in total. The Balaban J connectivity index is 1.75. The van der Waals surface area contributed by atoms with Crippen LogP contribution in [0.1, 0.15) is 31.2 Å². The molecule has 0 aromatic heterocycles. The largest absolute Gasteiger partial charge is 0.326 e. The standard InChI is InChI=1S/C20H24N2O3S/c1-16-10-12-19(13-11-16)26(24,25)22-14-6-5-9-18(22)15-20(23)21-17-7-3-2-4-8-17/h2-4,7-8,10-13,18H,5-6,9,14-15H2,1H3,(H,21,23)/t18-/m1/s1. The van der Waals surface area contributed by atoms with Gasteiger partial charge >= 0.3 is 0 Å². The number of para-hydroxylation sites is 1. The van der Waals surface area contributed by atoms with E-state index in [1.54, 1.807) is 24.3 Å². The van der Waals surface area contributed by atoms with Crippen molar-refractivity contribution in [2.75, 3.05) is 11.9 Å². The van der Waals surface area contributed by atoms with Gasteiger partial charge in [0.05, 0.1) is 4.90 Å². The van der Waals surface area contributed by atoms with Crippen molar-refractivity contribution in [3.63, 3.8) is 0 Å². The molecule has 1 saturated heterocycles. The molecule has 1 fully saturated rings. The van der Waals surface area contributed by atoms with Gasteiger partial charge in [-0.15, -0.1) is 0 Å². The van der Waals surface area contributed by atoms with Crippen LogP contribution in [0, 0.1) is 6.92 Å². The van der Waals surface area contributed by atoms with Gasteiger partial charge in [-0.3, -0.25) is 4.79 Å². The van der Waals surface area contributed by atoms with Crippen LogP contribution in [0.3, 0.4) is 0 Å². The van der Waals surface area contributed by atoms with Crippen LogP contribution >= 0.6 is 0 Å². The molecule has 0 unspecified atom stereocenters. The lowest BCUT2D eigenvalue weighted by molar-refractivity contribution is -0.117. The first-order valence-corrected chi connectivity index (χ1v) is 10.3. The summed E-state index contributed by atoms with van der Waals surface area (Å²) in [4.78, 5) is 12.7. The van der Waals surface area contributed by atoms with Crippen molar-refractivity contribution in [2.24, 2.45) is 0 Å². The van der Waals surface area contributed by atoms with Crippen LogP contribution in [0.25, 0.3) is 0 Å². The van der Waals surface area contributed by atoms with Crippen molar-refractivity contribution in [3.05, 3.63) is 60.2 Å². The Bertz CT molecular complexity index is 848. The Morgan fingerprint density at radius 2 is 1.77 bits per heavy atom. The first kappa shape index (κ1) is 18.6. The molecular formula is C20H24N2O3S. The third-order valence-electron chi connectivity index (χ3n) is 4.68. The maximum Gasteiger partial charge on any atom is 0.243 e. The Morgan fingerprint density at radius 1 is 1.08 bits per heavy atom. The van der Waals surface area contributed by atoms with Crippen molar-refractivity contribution in [2.45, 2.75) is 43.5 Å². The minimum absolute atomic E-state index is 0.160. The molecule has 0 bridgehead atoms. The predicted molar refractivity (Wildman–Crippen MR) is 102 cm³/mol. The molecule has 2 aromatic carbocycles. The SMILES string of the molecule is Cc1ccc(S(=O)(=O)N2CCCC[C@@H]2CC(=O)Nc2ccccc2)cc1. The van der Waals surface area contributed by atoms with Crippen LogP contribution in [0.15, 0.2) is 59.5 Å². The summed E-state index contributed by atoms with van der Waals surface area (Å²) in [7, 11) is -3.59.